The predicted octanol–water partition coefficient (Wildman–Crippen LogP) is 5.19. The second kappa shape index (κ2) is 15.7. The van der Waals surface area contributed by atoms with Crippen LogP contribution in [-0.4, -0.2) is 73.4 Å². The fourth-order valence-corrected chi connectivity index (χ4v) is 12.3. The number of aliphatic hydroxyl groups is 2. The van der Waals surface area contributed by atoms with Gasteiger partial charge in [0.1, 0.15) is 11.9 Å². The van der Waals surface area contributed by atoms with Crippen molar-refractivity contribution in [2.75, 3.05) is 30.5 Å². The number of carbonyl (C=O) groups excluding carboxylic acids is 3. The Hall–Kier alpha value is -4.81. The molecule has 0 radical (unpaired) electrons. The third kappa shape index (κ3) is 7.39. The van der Waals surface area contributed by atoms with Gasteiger partial charge in [0.15, 0.2) is 5.60 Å². The van der Waals surface area contributed by atoms with Gasteiger partial charge < -0.3 is 34.8 Å². The van der Waals surface area contributed by atoms with Crippen molar-refractivity contribution in [3.8, 4) is 5.75 Å². The van der Waals surface area contributed by atoms with Crippen LogP contribution in [-0.2, 0) is 37.8 Å². The molecule has 3 N–H and O–H groups in total. The highest BCUT2D eigenvalue weighted by atomic mass is 28.3. The van der Waals surface area contributed by atoms with Crippen LogP contribution in [0.5, 0.6) is 5.75 Å². The highest BCUT2D eigenvalue weighted by Crippen LogP contribution is 2.60. The van der Waals surface area contributed by atoms with E-state index in [-0.39, 0.29) is 42.8 Å². The Morgan fingerprint density at radius 3 is 2.23 bits per heavy atom. The molecule has 2 aliphatic heterocycles. The van der Waals surface area contributed by atoms with Crippen LogP contribution in [0, 0.1) is 5.92 Å². The molecule has 0 unspecified atom stereocenters. The van der Waals surface area contributed by atoms with Crippen molar-refractivity contribution in [1.82, 2.24) is 4.90 Å². The lowest BCUT2D eigenvalue weighted by atomic mass is 9.82. The van der Waals surface area contributed by atoms with E-state index in [2.05, 4.69) is 37.5 Å². The Kier molecular flexibility index (Phi) is 11.2. The number of amides is 3. The van der Waals surface area contributed by atoms with Crippen LogP contribution in [0.2, 0.25) is 18.6 Å². The standard InChI is InChI=1S/C42H49N3O7Si/c1-28-39(53(4,5)34-19-17-33(51-3)18-20-34)37(25-38(48)44(22-23-46)26-30-12-8-6-9-13-30)52-42(28)35-24-32(43-40(49)29(2)47)16-21-36(35)45(41(42)50)27-31-14-10-7-11-15-31/h6-21,24,28-29,37,39,46-47H,22-23,25-27H2,1-5H3,(H,43,49)/t28-,29-,37+,39-,42+/m0/s1. The maximum Gasteiger partial charge on any atom is 0.264 e. The van der Waals surface area contributed by atoms with Gasteiger partial charge in [0.05, 0.1) is 46.5 Å². The molecule has 2 heterocycles. The molecule has 2 aliphatic rings. The van der Waals surface area contributed by atoms with E-state index >= 15 is 4.79 Å². The zero-order valence-electron chi connectivity index (χ0n) is 31.0. The van der Waals surface area contributed by atoms with Gasteiger partial charge in [-0.05, 0) is 53.9 Å². The van der Waals surface area contributed by atoms with Gasteiger partial charge in [-0.2, -0.15) is 0 Å². The molecular formula is C42H49N3O7Si. The lowest BCUT2D eigenvalue weighted by Gasteiger charge is -2.37. The van der Waals surface area contributed by atoms with Gasteiger partial charge >= 0.3 is 0 Å². The maximum absolute atomic E-state index is 15.2. The number of hydrogen-bond donors (Lipinski definition) is 3. The Bertz CT molecular complexity index is 1920. The number of nitrogens with zero attached hydrogens (tertiary/aromatic N) is 2. The van der Waals surface area contributed by atoms with E-state index in [1.807, 2.05) is 78.9 Å². The van der Waals surface area contributed by atoms with Crippen LogP contribution in [0.25, 0.3) is 0 Å². The molecule has 53 heavy (non-hydrogen) atoms. The number of rotatable bonds is 13. The summed E-state index contributed by atoms with van der Waals surface area (Å²) < 4.78 is 12.7. The molecule has 11 heteroatoms. The average Bonchev–Trinajstić information content (AvgIpc) is 3.58. The minimum absolute atomic E-state index is 0.00985. The summed E-state index contributed by atoms with van der Waals surface area (Å²) in [5.74, 6) is -0.618. The third-order valence-electron chi connectivity index (χ3n) is 11.0. The van der Waals surface area contributed by atoms with Gasteiger partial charge in [0.2, 0.25) is 5.91 Å². The lowest BCUT2D eigenvalue weighted by molar-refractivity contribution is -0.150. The van der Waals surface area contributed by atoms with Crippen LogP contribution in [0.1, 0.15) is 37.0 Å². The van der Waals surface area contributed by atoms with Crippen molar-refractivity contribution in [3.63, 3.8) is 0 Å². The average molecular weight is 736 g/mol. The topological polar surface area (TPSA) is 129 Å². The minimum Gasteiger partial charge on any atom is -0.497 e. The number of methoxy groups -OCH3 is 1. The first-order valence-electron chi connectivity index (χ1n) is 18.1. The SMILES string of the molecule is COc1ccc([Si](C)(C)[C@@H]2[C@@H](CC(=O)N(CCO)Cc3ccccc3)O[C@]3(C(=O)N(Cc4ccccc4)c4ccc(NC(=O)[C@H](C)O)cc43)[C@H]2C)cc1. The van der Waals surface area contributed by atoms with Crippen molar-refractivity contribution in [2.24, 2.45) is 5.92 Å². The smallest absolute Gasteiger partial charge is 0.264 e. The molecule has 4 aromatic carbocycles. The summed E-state index contributed by atoms with van der Waals surface area (Å²) in [6.07, 6.45) is -1.87. The lowest BCUT2D eigenvalue weighted by Crippen LogP contribution is -2.52. The van der Waals surface area contributed by atoms with E-state index in [9.17, 15) is 19.8 Å². The van der Waals surface area contributed by atoms with Crippen molar-refractivity contribution in [1.29, 1.82) is 0 Å². The highest BCUT2D eigenvalue weighted by Gasteiger charge is 2.66. The molecule has 0 aliphatic carbocycles. The van der Waals surface area contributed by atoms with Crippen LogP contribution in [0.3, 0.4) is 0 Å². The molecule has 1 saturated heterocycles. The molecule has 1 spiro atoms. The molecule has 10 nitrogen and oxygen atoms in total. The number of benzene rings is 4. The molecule has 0 aromatic heterocycles. The van der Waals surface area contributed by atoms with Gasteiger partial charge in [-0.15, -0.1) is 0 Å². The van der Waals surface area contributed by atoms with Crippen molar-refractivity contribution < 1.29 is 34.1 Å². The van der Waals surface area contributed by atoms with Crippen LogP contribution >= 0.6 is 0 Å². The number of nitrogens with one attached hydrogen (secondary N) is 1. The summed E-state index contributed by atoms with van der Waals surface area (Å²) >= 11 is 0. The predicted molar refractivity (Wildman–Crippen MR) is 208 cm³/mol. The van der Waals surface area contributed by atoms with Gasteiger partial charge in [-0.25, -0.2) is 0 Å². The van der Waals surface area contributed by atoms with E-state index in [1.165, 1.54) is 6.92 Å². The second-order valence-corrected chi connectivity index (χ2v) is 19.3. The third-order valence-corrected chi connectivity index (χ3v) is 15.3. The fourth-order valence-electron chi connectivity index (χ4n) is 8.28. The minimum atomic E-state index is -2.57. The number of anilines is 2. The van der Waals surface area contributed by atoms with E-state index < -0.39 is 31.8 Å². The number of ether oxygens (including phenoxy) is 2. The second-order valence-electron chi connectivity index (χ2n) is 14.7. The summed E-state index contributed by atoms with van der Waals surface area (Å²) in [5, 5.41) is 23.9. The zero-order chi connectivity index (χ0) is 37.9. The number of hydrogen-bond acceptors (Lipinski definition) is 7. The first-order chi connectivity index (χ1) is 25.4. The van der Waals surface area contributed by atoms with Gasteiger partial charge in [0, 0.05) is 30.3 Å². The molecule has 5 atom stereocenters. The molecule has 3 amide bonds. The summed E-state index contributed by atoms with van der Waals surface area (Å²) in [4.78, 5) is 45.6. The maximum atomic E-state index is 15.2. The fraction of sp³-hybridized carbons (Fsp3) is 0.357. The molecule has 278 valence electrons. The van der Waals surface area contributed by atoms with E-state index in [4.69, 9.17) is 9.47 Å². The van der Waals surface area contributed by atoms with Crippen LogP contribution in [0.15, 0.2) is 103 Å². The largest absolute Gasteiger partial charge is 0.497 e. The highest BCUT2D eigenvalue weighted by molar-refractivity contribution is 6.91. The van der Waals surface area contributed by atoms with Crippen LogP contribution in [0.4, 0.5) is 11.4 Å². The summed E-state index contributed by atoms with van der Waals surface area (Å²) in [7, 11) is -0.941. The Morgan fingerprint density at radius 1 is 0.981 bits per heavy atom. The Morgan fingerprint density at radius 2 is 1.62 bits per heavy atom. The van der Waals surface area contributed by atoms with Crippen molar-refractivity contribution in [2.45, 2.75) is 69.8 Å². The number of carbonyl (C=O) groups is 3. The van der Waals surface area contributed by atoms with Crippen molar-refractivity contribution >= 4 is 42.4 Å². The Labute approximate surface area is 312 Å². The Balaban J connectivity index is 1.46. The van der Waals surface area contributed by atoms with E-state index in [1.54, 1.807) is 29.0 Å². The first kappa shape index (κ1) is 37.9. The molecule has 6 rings (SSSR count). The normalized spacial score (nSPS) is 21.4. The van der Waals surface area contributed by atoms with Crippen LogP contribution < -0.4 is 20.1 Å². The molecule has 4 aromatic rings. The molecule has 1 fully saturated rings. The zero-order valence-corrected chi connectivity index (χ0v) is 32.0. The first-order valence-corrected chi connectivity index (χ1v) is 21.2. The monoisotopic (exact) mass is 735 g/mol. The number of aliphatic hydroxyl groups excluding tert-OH is 2. The van der Waals surface area contributed by atoms with E-state index in [0.717, 1.165) is 22.1 Å². The van der Waals surface area contributed by atoms with Gasteiger partial charge in [0.25, 0.3) is 11.8 Å². The van der Waals surface area contributed by atoms with Gasteiger partial charge in [-0.1, -0.05) is 98.0 Å². The molecule has 0 bridgehead atoms. The number of fused-ring (bicyclic) bond motifs is 2. The molecule has 0 saturated carbocycles. The quantitative estimate of drug-likeness (QED) is 0.161. The molecular weight excluding hydrogens is 687 g/mol. The van der Waals surface area contributed by atoms with Gasteiger partial charge in [-0.3, -0.25) is 14.4 Å². The van der Waals surface area contributed by atoms with Crippen molar-refractivity contribution in [3.05, 3.63) is 120 Å². The summed E-state index contributed by atoms with van der Waals surface area (Å²) in [6.45, 7) is 8.56. The summed E-state index contributed by atoms with van der Waals surface area (Å²) in [5.41, 5.74) is 1.92. The summed E-state index contributed by atoms with van der Waals surface area (Å²) in [6, 6.07) is 32.8. The van der Waals surface area contributed by atoms with E-state index in [0.29, 0.717) is 30.0 Å².